The molecule has 1 aromatic carbocycles. The molecule has 0 heterocycles. The third-order valence-corrected chi connectivity index (χ3v) is 6.19. The van der Waals surface area contributed by atoms with Gasteiger partial charge in [-0.2, -0.15) is 13.2 Å². The molecule has 0 bridgehead atoms. The lowest BCUT2D eigenvalue weighted by atomic mass is 9.82. The van der Waals surface area contributed by atoms with Gasteiger partial charge in [-0.3, -0.25) is 9.59 Å². The van der Waals surface area contributed by atoms with E-state index in [1.54, 1.807) is 13.8 Å². The van der Waals surface area contributed by atoms with Crippen LogP contribution in [-0.2, 0) is 20.5 Å². The predicted molar refractivity (Wildman–Crippen MR) is 123 cm³/mol. The van der Waals surface area contributed by atoms with Crippen LogP contribution in [0.3, 0.4) is 0 Å². The van der Waals surface area contributed by atoms with Crippen molar-refractivity contribution in [2.24, 2.45) is 5.41 Å². The van der Waals surface area contributed by atoms with Gasteiger partial charge in [-0.05, 0) is 31.4 Å². The van der Waals surface area contributed by atoms with Crippen molar-refractivity contribution in [1.82, 2.24) is 0 Å². The zero-order valence-corrected chi connectivity index (χ0v) is 20.6. The summed E-state index contributed by atoms with van der Waals surface area (Å²) >= 11 is 0. The van der Waals surface area contributed by atoms with E-state index in [0.29, 0.717) is 12.5 Å². The molecule has 0 aromatic heterocycles. The van der Waals surface area contributed by atoms with E-state index >= 15 is 0 Å². The van der Waals surface area contributed by atoms with E-state index in [-0.39, 0.29) is 19.4 Å². The van der Waals surface area contributed by atoms with Gasteiger partial charge >= 0.3 is 18.1 Å². The van der Waals surface area contributed by atoms with Gasteiger partial charge in [-0.15, -0.1) is 0 Å². The Morgan fingerprint density at radius 2 is 1.32 bits per heavy atom. The molecular weight excluding hydrogens is 452 g/mol. The molecule has 194 valence electrons. The first kappa shape index (κ1) is 29.9. The monoisotopic (exact) mass is 490 g/mol. The first-order chi connectivity index (χ1) is 16.1. The van der Waals surface area contributed by atoms with E-state index in [9.17, 15) is 27.2 Å². The van der Waals surface area contributed by atoms with Gasteiger partial charge in [0, 0.05) is 0 Å². The third kappa shape index (κ3) is 8.91. The maximum Gasteiger partial charge on any atom is 0.419 e. The molecule has 0 saturated carbocycles. The summed E-state index contributed by atoms with van der Waals surface area (Å²) in [5.74, 6) is -4.48. The Morgan fingerprint density at radius 3 is 1.82 bits per heavy atom. The average molecular weight is 491 g/mol. The number of ether oxygens (including phenoxy) is 2. The van der Waals surface area contributed by atoms with Crippen molar-refractivity contribution >= 4 is 11.9 Å². The summed E-state index contributed by atoms with van der Waals surface area (Å²) in [4.78, 5) is 25.5. The number of alkyl halides is 3. The molecule has 0 atom stereocenters. The fourth-order valence-corrected chi connectivity index (χ4v) is 3.81. The number of carbonyl (C=O) groups is 2. The Balaban J connectivity index is 2.58. The zero-order chi connectivity index (χ0) is 25.6. The van der Waals surface area contributed by atoms with Gasteiger partial charge in [-0.25, -0.2) is 4.39 Å². The molecular formula is C26H38F4O4. The van der Waals surface area contributed by atoms with Crippen LogP contribution >= 0.6 is 0 Å². The number of hydrogen-bond donors (Lipinski definition) is 0. The fraction of sp³-hybridized carbons (Fsp3) is 0.692. The zero-order valence-electron chi connectivity index (χ0n) is 20.6. The van der Waals surface area contributed by atoms with Crippen LogP contribution in [-0.4, -0.2) is 18.5 Å². The van der Waals surface area contributed by atoms with Crippen LogP contribution in [0.5, 0.6) is 5.75 Å². The van der Waals surface area contributed by atoms with E-state index < -0.39 is 40.7 Å². The van der Waals surface area contributed by atoms with Crippen molar-refractivity contribution in [2.45, 2.75) is 104 Å². The summed E-state index contributed by atoms with van der Waals surface area (Å²) in [6, 6.07) is 2.42. The molecule has 0 spiro atoms. The number of carbonyl (C=O) groups excluding carboxylic acids is 2. The van der Waals surface area contributed by atoms with Gasteiger partial charge in [0.05, 0.1) is 12.2 Å². The van der Waals surface area contributed by atoms with E-state index in [0.717, 1.165) is 31.4 Å². The van der Waals surface area contributed by atoms with Crippen LogP contribution in [0, 0.1) is 11.2 Å². The summed E-state index contributed by atoms with van der Waals surface area (Å²) in [7, 11) is 0. The molecule has 0 amide bonds. The molecule has 1 rings (SSSR count). The summed E-state index contributed by atoms with van der Waals surface area (Å²) in [6.45, 7) is 5.49. The van der Waals surface area contributed by atoms with Gasteiger partial charge in [0.15, 0.2) is 17.0 Å². The summed E-state index contributed by atoms with van der Waals surface area (Å²) < 4.78 is 63.3. The number of hydrogen-bond acceptors (Lipinski definition) is 4. The molecule has 0 saturated heterocycles. The minimum absolute atomic E-state index is 0.0137. The van der Waals surface area contributed by atoms with Crippen molar-refractivity contribution in [2.75, 3.05) is 6.61 Å². The normalized spacial score (nSPS) is 12.0. The van der Waals surface area contributed by atoms with Crippen LogP contribution in [0.1, 0.15) is 103 Å². The standard InChI is InChI=1S/C26H38F4O4/c1-4-7-8-9-10-11-12-13-14-15-19-33-23(31)25(5-2,6-3)24(32)34-21-18-16-17-20(22(21)27)26(28,29)30/h16-18H,4-15,19H2,1-3H3. The van der Waals surface area contributed by atoms with Crippen molar-refractivity contribution < 1.29 is 36.6 Å². The number of halogens is 4. The molecule has 0 unspecified atom stereocenters. The number of benzene rings is 1. The smallest absolute Gasteiger partial charge is 0.419 e. The second-order valence-electron chi connectivity index (χ2n) is 8.61. The van der Waals surface area contributed by atoms with E-state index in [1.807, 2.05) is 0 Å². The van der Waals surface area contributed by atoms with Gasteiger partial charge in [-0.1, -0.05) is 84.6 Å². The topological polar surface area (TPSA) is 52.6 Å². The Kier molecular flexibility index (Phi) is 13.2. The van der Waals surface area contributed by atoms with Crippen molar-refractivity contribution in [3.05, 3.63) is 29.6 Å². The SMILES string of the molecule is CCCCCCCCCCCCOC(=O)C(CC)(CC)C(=O)Oc1cccc(C(F)(F)F)c1F. The third-order valence-electron chi connectivity index (χ3n) is 6.19. The maximum atomic E-state index is 14.3. The number of rotatable bonds is 16. The molecule has 0 radical (unpaired) electrons. The van der Waals surface area contributed by atoms with Crippen LogP contribution < -0.4 is 4.74 Å². The largest absolute Gasteiger partial charge is 0.465 e. The molecule has 8 heteroatoms. The maximum absolute atomic E-state index is 14.3. The Morgan fingerprint density at radius 1 is 0.794 bits per heavy atom. The minimum Gasteiger partial charge on any atom is -0.465 e. The van der Waals surface area contributed by atoms with E-state index in [1.165, 1.54) is 38.5 Å². The number of unbranched alkanes of at least 4 members (excludes halogenated alkanes) is 9. The lowest BCUT2D eigenvalue weighted by Gasteiger charge is -2.27. The van der Waals surface area contributed by atoms with Gasteiger partial charge < -0.3 is 9.47 Å². The molecule has 1 aromatic rings. The van der Waals surface area contributed by atoms with Crippen LogP contribution in [0.25, 0.3) is 0 Å². The first-order valence-corrected chi connectivity index (χ1v) is 12.4. The minimum atomic E-state index is -4.94. The highest BCUT2D eigenvalue weighted by atomic mass is 19.4. The Bertz CT molecular complexity index is 758. The van der Waals surface area contributed by atoms with Crippen LogP contribution in [0.15, 0.2) is 18.2 Å². The molecule has 0 aliphatic rings. The Labute approximate surface area is 200 Å². The number of esters is 2. The highest BCUT2D eigenvalue weighted by molar-refractivity contribution is 6.00. The highest BCUT2D eigenvalue weighted by Crippen LogP contribution is 2.36. The van der Waals surface area contributed by atoms with Crippen molar-refractivity contribution in [1.29, 1.82) is 0 Å². The first-order valence-electron chi connectivity index (χ1n) is 12.4. The van der Waals surface area contributed by atoms with Gasteiger partial charge in [0.25, 0.3) is 0 Å². The van der Waals surface area contributed by atoms with Crippen LogP contribution in [0.4, 0.5) is 17.6 Å². The molecule has 0 aliphatic carbocycles. The van der Waals surface area contributed by atoms with Gasteiger partial charge in [0.1, 0.15) is 0 Å². The lowest BCUT2D eigenvalue weighted by Crippen LogP contribution is -2.42. The summed E-state index contributed by atoms with van der Waals surface area (Å²) in [5, 5.41) is 0. The summed E-state index contributed by atoms with van der Waals surface area (Å²) in [5.41, 5.74) is -3.25. The van der Waals surface area contributed by atoms with E-state index in [4.69, 9.17) is 9.47 Å². The van der Waals surface area contributed by atoms with Crippen molar-refractivity contribution in [3.8, 4) is 5.75 Å². The van der Waals surface area contributed by atoms with Crippen molar-refractivity contribution in [3.63, 3.8) is 0 Å². The lowest BCUT2D eigenvalue weighted by molar-refractivity contribution is -0.168. The Hall–Kier alpha value is -2.12. The molecule has 4 nitrogen and oxygen atoms in total. The second-order valence-corrected chi connectivity index (χ2v) is 8.61. The molecule has 0 aliphatic heterocycles. The van der Waals surface area contributed by atoms with E-state index in [2.05, 4.69) is 6.92 Å². The fourth-order valence-electron chi connectivity index (χ4n) is 3.81. The van der Waals surface area contributed by atoms with Gasteiger partial charge in [0.2, 0.25) is 0 Å². The summed E-state index contributed by atoms with van der Waals surface area (Å²) in [6.07, 6.45) is 6.30. The van der Waals surface area contributed by atoms with Crippen LogP contribution in [0.2, 0.25) is 0 Å². The average Bonchev–Trinajstić information content (AvgIpc) is 2.79. The molecule has 0 N–H and O–H groups in total. The highest BCUT2D eigenvalue weighted by Gasteiger charge is 2.47. The predicted octanol–water partition coefficient (Wildman–Crippen LogP) is 8.02. The molecule has 34 heavy (non-hydrogen) atoms. The second kappa shape index (κ2) is 15.0. The molecule has 0 fully saturated rings. The quantitative estimate of drug-likeness (QED) is 0.0774.